The SMILES string of the molecule is CC(N)c1cccnc1Sc1nncn1C. The number of aromatic nitrogens is 4. The second kappa shape index (κ2) is 4.63. The van der Waals surface area contributed by atoms with Gasteiger partial charge in [-0.1, -0.05) is 6.07 Å². The molecule has 0 aliphatic rings. The smallest absolute Gasteiger partial charge is 0.197 e. The van der Waals surface area contributed by atoms with Crippen LogP contribution in [0, 0.1) is 0 Å². The average Bonchev–Trinajstić information content (AvgIpc) is 2.65. The number of nitrogens with zero attached hydrogens (tertiary/aromatic N) is 4. The topological polar surface area (TPSA) is 69.6 Å². The summed E-state index contributed by atoms with van der Waals surface area (Å²) in [5.41, 5.74) is 6.91. The minimum atomic E-state index is -0.0376. The Labute approximate surface area is 98.1 Å². The van der Waals surface area contributed by atoms with E-state index >= 15 is 0 Å². The molecule has 16 heavy (non-hydrogen) atoms. The summed E-state index contributed by atoms with van der Waals surface area (Å²) in [5.74, 6) is 0. The Hall–Kier alpha value is -1.40. The van der Waals surface area contributed by atoms with Crippen molar-refractivity contribution in [2.75, 3.05) is 0 Å². The van der Waals surface area contributed by atoms with E-state index in [4.69, 9.17) is 5.73 Å². The fraction of sp³-hybridized carbons (Fsp3) is 0.300. The zero-order valence-corrected chi connectivity index (χ0v) is 9.98. The van der Waals surface area contributed by atoms with Crippen LogP contribution in [0.2, 0.25) is 0 Å². The quantitative estimate of drug-likeness (QED) is 0.870. The fourth-order valence-electron chi connectivity index (χ4n) is 1.29. The molecule has 2 rings (SSSR count). The molecule has 2 aromatic rings. The van der Waals surface area contributed by atoms with Crippen molar-refractivity contribution in [1.29, 1.82) is 0 Å². The maximum atomic E-state index is 5.89. The molecule has 6 heteroatoms. The number of nitrogens with two attached hydrogens (primary N) is 1. The molecular weight excluding hydrogens is 222 g/mol. The Morgan fingerprint density at radius 1 is 1.50 bits per heavy atom. The molecule has 0 aliphatic heterocycles. The largest absolute Gasteiger partial charge is 0.324 e. The maximum Gasteiger partial charge on any atom is 0.197 e. The summed E-state index contributed by atoms with van der Waals surface area (Å²) in [4.78, 5) is 4.32. The van der Waals surface area contributed by atoms with Gasteiger partial charge in [0.25, 0.3) is 0 Å². The number of hydrogen-bond donors (Lipinski definition) is 1. The average molecular weight is 235 g/mol. The Morgan fingerprint density at radius 3 is 2.94 bits per heavy atom. The van der Waals surface area contributed by atoms with Gasteiger partial charge in [0.2, 0.25) is 0 Å². The Bertz CT molecular complexity index is 480. The van der Waals surface area contributed by atoms with Crippen LogP contribution in [-0.4, -0.2) is 19.7 Å². The third-order valence-electron chi connectivity index (χ3n) is 2.15. The highest BCUT2D eigenvalue weighted by Crippen LogP contribution is 2.28. The first kappa shape index (κ1) is 11.1. The van der Waals surface area contributed by atoms with Crippen molar-refractivity contribution < 1.29 is 0 Å². The van der Waals surface area contributed by atoms with Crippen molar-refractivity contribution in [3.63, 3.8) is 0 Å². The standard InChI is InChI=1S/C10H13N5S/c1-7(11)8-4-3-5-12-9(8)16-10-14-13-6-15(10)2/h3-7H,11H2,1-2H3. The number of pyridine rings is 1. The van der Waals surface area contributed by atoms with Crippen molar-refractivity contribution in [3.8, 4) is 0 Å². The molecule has 0 fully saturated rings. The van der Waals surface area contributed by atoms with Crippen LogP contribution in [0.15, 0.2) is 34.8 Å². The van der Waals surface area contributed by atoms with Crippen LogP contribution in [0.3, 0.4) is 0 Å². The van der Waals surface area contributed by atoms with E-state index in [-0.39, 0.29) is 6.04 Å². The number of aryl methyl sites for hydroxylation is 1. The first-order valence-electron chi connectivity index (χ1n) is 4.91. The molecule has 2 aromatic heterocycles. The molecule has 1 unspecified atom stereocenters. The van der Waals surface area contributed by atoms with E-state index in [0.29, 0.717) is 0 Å². The van der Waals surface area contributed by atoms with Crippen molar-refractivity contribution in [1.82, 2.24) is 19.7 Å². The second-order valence-corrected chi connectivity index (χ2v) is 4.47. The van der Waals surface area contributed by atoms with Gasteiger partial charge in [-0.3, -0.25) is 0 Å². The predicted molar refractivity (Wildman–Crippen MR) is 62.0 cm³/mol. The van der Waals surface area contributed by atoms with Gasteiger partial charge in [-0.05, 0) is 24.8 Å². The van der Waals surface area contributed by atoms with Crippen molar-refractivity contribution in [2.45, 2.75) is 23.1 Å². The normalized spacial score (nSPS) is 12.7. The Balaban J connectivity index is 2.31. The van der Waals surface area contributed by atoms with Gasteiger partial charge in [0.1, 0.15) is 11.4 Å². The lowest BCUT2D eigenvalue weighted by Gasteiger charge is -2.09. The number of rotatable bonds is 3. The molecule has 2 heterocycles. The molecule has 5 nitrogen and oxygen atoms in total. The van der Waals surface area contributed by atoms with Gasteiger partial charge in [-0.25, -0.2) is 4.98 Å². The zero-order chi connectivity index (χ0) is 11.5. The van der Waals surface area contributed by atoms with E-state index in [2.05, 4.69) is 15.2 Å². The first-order chi connectivity index (χ1) is 7.68. The van der Waals surface area contributed by atoms with Gasteiger partial charge < -0.3 is 10.3 Å². The molecule has 0 aromatic carbocycles. The van der Waals surface area contributed by atoms with Crippen LogP contribution in [0.1, 0.15) is 18.5 Å². The molecule has 0 spiro atoms. The summed E-state index contributed by atoms with van der Waals surface area (Å²) in [5, 5.41) is 9.52. The van der Waals surface area contributed by atoms with E-state index < -0.39 is 0 Å². The van der Waals surface area contributed by atoms with Gasteiger partial charge in [-0.15, -0.1) is 10.2 Å². The lowest BCUT2D eigenvalue weighted by atomic mass is 10.2. The van der Waals surface area contributed by atoms with E-state index in [1.807, 2.05) is 30.7 Å². The van der Waals surface area contributed by atoms with Gasteiger partial charge in [-0.2, -0.15) is 0 Å². The van der Waals surface area contributed by atoms with Crippen LogP contribution in [0.4, 0.5) is 0 Å². The minimum Gasteiger partial charge on any atom is -0.324 e. The summed E-state index contributed by atoms with van der Waals surface area (Å²) in [6, 6.07) is 3.83. The molecular formula is C10H13N5S. The summed E-state index contributed by atoms with van der Waals surface area (Å²) in [6.07, 6.45) is 3.42. The van der Waals surface area contributed by atoms with Gasteiger partial charge in [0.15, 0.2) is 5.16 Å². The van der Waals surface area contributed by atoms with Crippen LogP contribution < -0.4 is 5.73 Å². The van der Waals surface area contributed by atoms with Gasteiger partial charge >= 0.3 is 0 Å². The summed E-state index contributed by atoms with van der Waals surface area (Å²) in [7, 11) is 1.90. The first-order valence-corrected chi connectivity index (χ1v) is 5.72. The molecule has 84 valence electrons. The highest BCUT2D eigenvalue weighted by atomic mass is 32.2. The van der Waals surface area contributed by atoms with Gasteiger partial charge in [0.05, 0.1) is 0 Å². The summed E-state index contributed by atoms with van der Waals surface area (Å²) in [6.45, 7) is 1.94. The predicted octanol–water partition coefficient (Wildman–Crippen LogP) is 1.38. The molecule has 0 radical (unpaired) electrons. The Kier molecular flexibility index (Phi) is 3.21. The highest BCUT2D eigenvalue weighted by Gasteiger charge is 2.11. The zero-order valence-electron chi connectivity index (χ0n) is 9.16. The number of hydrogen-bond acceptors (Lipinski definition) is 5. The van der Waals surface area contributed by atoms with Crippen LogP contribution in [-0.2, 0) is 7.05 Å². The van der Waals surface area contributed by atoms with Gasteiger partial charge in [0, 0.05) is 24.8 Å². The Morgan fingerprint density at radius 2 is 2.31 bits per heavy atom. The van der Waals surface area contributed by atoms with Crippen LogP contribution >= 0.6 is 11.8 Å². The molecule has 0 amide bonds. The monoisotopic (exact) mass is 235 g/mol. The van der Waals surface area contributed by atoms with Crippen molar-refractivity contribution in [3.05, 3.63) is 30.2 Å². The third kappa shape index (κ3) is 2.23. The maximum absolute atomic E-state index is 5.89. The van der Waals surface area contributed by atoms with E-state index in [1.165, 1.54) is 11.8 Å². The van der Waals surface area contributed by atoms with Crippen molar-refractivity contribution >= 4 is 11.8 Å². The van der Waals surface area contributed by atoms with E-state index in [9.17, 15) is 0 Å². The summed E-state index contributed by atoms with van der Waals surface area (Å²) < 4.78 is 1.85. The molecule has 0 aliphatic carbocycles. The third-order valence-corrected chi connectivity index (χ3v) is 3.24. The van der Waals surface area contributed by atoms with Crippen molar-refractivity contribution in [2.24, 2.45) is 12.8 Å². The minimum absolute atomic E-state index is 0.0376. The molecule has 0 saturated heterocycles. The lowest BCUT2D eigenvalue weighted by Crippen LogP contribution is -2.07. The van der Waals surface area contributed by atoms with E-state index in [0.717, 1.165) is 15.7 Å². The van der Waals surface area contributed by atoms with Crippen LogP contribution in [0.25, 0.3) is 0 Å². The van der Waals surface area contributed by atoms with Crippen LogP contribution in [0.5, 0.6) is 0 Å². The molecule has 0 bridgehead atoms. The lowest BCUT2D eigenvalue weighted by molar-refractivity contribution is 0.766. The summed E-state index contributed by atoms with van der Waals surface area (Å²) >= 11 is 1.47. The second-order valence-electron chi connectivity index (χ2n) is 3.51. The molecule has 1 atom stereocenters. The highest BCUT2D eigenvalue weighted by molar-refractivity contribution is 7.99. The fourth-order valence-corrected chi connectivity index (χ4v) is 2.22. The molecule has 2 N–H and O–H groups in total. The van der Waals surface area contributed by atoms with E-state index in [1.54, 1.807) is 12.5 Å². The molecule has 0 saturated carbocycles.